The summed E-state index contributed by atoms with van der Waals surface area (Å²) in [7, 11) is 1.56. The number of methoxy groups -OCH3 is 1. The number of anilines is 1. The highest BCUT2D eigenvalue weighted by molar-refractivity contribution is 6.21. The third-order valence-corrected chi connectivity index (χ3v) is 6.45. The molecule has 32 heavy (non-hydrogen) atoms. The van der Waals surface area contributed by atoms with Gasteiger partial charge in [-0.15, -0.1) is 0 Å². The first-order valence-electron chi connectivity index (χ1n) is 11.0. The molecule has 1 aliphatic carbocycles. The molecule has 1 aliphatic heterocycles. The number of carbonyl (C=O) groups is 3. The molecule has 1 spiro atoms. The first-order chi connectivity index (χ1) is 15.5. The molecule has 0 radical (unpaired) electrons. The summed E-state index contributed by atoms with van der Waals surface area (Å²) in [6.07, 6.45) is 3.57. The lowest BCUT2D eigenvalue weighted by molar-refractivity contribution is -0.145. The van der Waals surface area contributed by atoms with Crippen LogP contribution in [-0.4, -0.2) is 31.5 Å². The Hall–Kier alpha value is -3.41. The summed E-state index contributed by atoms with van der Waals surface area (Å²) in [5, 5.41) is 0. The molecule has 4 rings (SSSR count). The molecule has 1 fully saturated rings. The van der Waals surface area contributed by atoms with Crippen LogP contribution in [0.15, 0.2) is 66.2 Å². The van der Waals surface area contributed by atoms with Crippen molar-refractivity contribution in [2.24, 2.45) is 5.41 Å². The number of esters is 1. The van der Waals surface area contributed by atoms with E-state index < -0.39 is 11.4 Å². The smallest absolute Gasteiger partial charge is 0.334 e. The van der Waals surface area contributed by atoms with Crippen molar-refractivity contribution in [3.63, 3.8) is 0 Å². The fraction of sp³-hybridized carbons (Fsp3) is 0.346. The zero-order chi connectivity index (χ0) is 22.7. The van der Waals surface area contributed by atoms with Crippen molar-refractivity contribution in [1.82, 2.24) is 0 Å². The average Bonchev–Trinajstić information content (AvgIpc) is 2.83. The third-order valence-electron chi connectivity index (χ3n) is 6.45. The van der Waals surface area contributed by atoms with Gasteiger partial charge in [0.25, 0.3) is 0 Å². The van der Waals surface area contributed by atoms with E-state index in [1.807, 2.05) is 36.4 Å². The normalized spacial score (nSPS) is 23.1. The molecule has 166 valence electrons. The Labute approximate surface area is 187 Å². The maximum absolute atomic E-state index is 13.9. The Kier molecular flexibility index (Phi) is 6.12. The second-order valence-corrected chi connectivity index (χ2v) is 8.17. The lowest BCUT2D eigenvalue weighted by atomic mass is 9.64. The van der Waals surface area contributed by atoms with Crippen LogP contribution in [0.3, 0.4) is 0 Å². The topological polar surface area (TPSA) is 72.9 Å². The maximum Gasteiger partial charge on any atom is 0.334 e. The molecule has 0 saturated carbocycles. The Balaban J connectivity index is 1.75. The van der Waals surface area contributed by atoms with E-state index in [0.717, 1.165) is 5.56 Å². The van der Waals surface area contributed by atoms with Gasteiger partial charge in [0, 0.05) is 17.9 Å². The van der Waals surface area contributed by atoms with Crippen molar-refractivity contribution in [2.45, 2.75) is 38.5 Å². The van der Waals surface area contributed by atoms with Crippen LogP contribution in [-0.2, 0) is 19.1 Å². The van der Waals surface area contributed by atoms with E-state index in [0.29, 0.717) is 36.3 Å². The number of piperidine rings is 1. The highest BCUT2D eigenvalue weighted by Gasteiger charge is 2.53. The number of imide groups is 1. The van der Waals surface area contributed by atoms with E-state index in [2.05, 4.69) is 0 Å². The summed E-state index contributed by atoms with van der Waals surface area (Å²) >= 11 is 0. The highest BCUT2D eigenvalue weighted by atomic mass is 16.5. The molecule has 0 bridgehead atoms. The Morgan fingerprint density at radius 2 is 1.78 bits per heavy atom. The molecular weight excluding hydrogens is 406 g/mol. The number of amides is 2. The van der Waals surface area contributed by atoms with Gasteiger partial charge >= 0.3 is 5.97 Å². The molecule has 1 saturated heterocycles. The van der Waals surface area contributed by atoms with Gasteiger partial charge in [-0.2, -0.15) is 0 Å². The minimum atomic E-state index is -1.06. The predicted octanol–water partition coefficient (Wildman–Crippen LogP) is 4.40. The predicted molar refractivity (Wildman–Crippen MR) is 120 cm³/mol. The van der Waals surface area contributed by atoms with Crippen LogP contribution in [0.4, 0.5) is 5.69 Å². The molecule has 1 heterocycles. The van der Waals surface area contributed by atoms with Gasteiger partial charge in [0.15, 0.2) is 0 Å². The Bertz CT molecular complexity index is 1040. The second-order valence-electron chi connectivity index (χ2n) is 8.17. The summed E-state index contributed by atoms with van der Waals surface area (Å²) in [5.74, 6) is -0.452. The molecule has 2 aliphatic rings. The fourth-order valence-corrected chi connectivity index (χ4v) is 4.76. The molecule has 0 aromatic heterocycles. The largest absolute Gasteiger partial charge is 0.497 e. The zero-order valence-electron chi connectivity index (χ0n) is 18.4. The van der Waals surface area contributed by atoms with Crippen molar-refractivity contribution in [3.8, 4) is 5.75 Å². The first kappa shape index (κ1) is 21.8. The second kappa shape index (κ2) is 8.99. The number of hydrogen-bond acceptors (Lipinski definition) is 5. The summed E-state index contributed by atoms with van der Waals surface area (Å²) < 4.78 is 10.6. The number of ether oxygens (including phenoxy) is 2. The number of carbonyl (C=O) groups excluding carboxylic acids is 3. The quantitative estimate of drug-likeness (QED) is 0.516. The number of nitrogens with zero attached hydrogens (tertiary/aromatic N) is 1. The van der Waals surface area contributed by atoms with E-state index >= 15 is 0 Å². The third kappa shape index (κ3) is 3.81. The van der Waals surface area contributed by atoms with Crippen LogP contribution in [0.2, 0.25) is 0 Å². The van der Waals surface area contributed by atoms with E-state index in [9.17, 15) is 14.4 Å². The van der Waals surface area contributed by atoms with Crippen LogP contribution < -0.4 is 9.64 Å². The summed E-state index contributed by atoms with van der Waals surface area (Å²) in [4.78, 5) is 40.9. The number of rotatable bonds is 5. The van der Waals surface area contributed by atoms with Crippen LogP contribution in [0.5, 0.6) is 5.75 Å². The zero-order valence-corrected chi connectivity index (χ0v) is 18.4. The minimum Gasteiger partial charge on any atom is -0.497 e. The lowest BCUT2D eigenvalue weighted by Gasteiger charge is -2.44. The van der Waals surface area contributed by atoms with E-state index in [1.54, 1.807) is 38.3 Å². The molecule has 0 N–H and O–H groups in total. The van der Waals surface area contributed by atoms with Gasteiger partial charge in [-0.1, -0.05) is 36.4 Å². The summed E-state index contributed by atoms with van der Waals surface area (Å²) in [5.41, 5.74) is 0.880. The maximum atomic E-state index is 13.9. The van der Waals surface area contributed by atoms with Gasteiger partial charge in [0.2, 0.25) is 11.8 Å². The Morgan fingerprint density at radius 1 is 1.06 bits per heavy atom. The van der Waals surface area contributed by atoms with Crippen LogP contribution >= 0.6 is 0 Å². The molecule has 2 aromatic carbocycles. The van der Waals surface area contributed by atoms with Gasteiger partial charge in [0.1, 0.15) is 5.75 Å². The van der Waals surface area contributed by atoms with Gasteiger partial charge in [-0.3, -0.25) is 9.59 Å². The van der Waals surface area contributed by atoms with Gasteiger partial charge in [-0.05, 0) is 56.0 Å². The van der Waals surface area contributed by atoms with Gasteiger partial charge < -0.3 is 9.47 Å². The van der Waals surface area contributed by atoms with Crippen molar-refractivity contribution in [3.05, 3.63) is 71.8 Å². The highest BCUT2D eigenvalue weighted by Crippen LogP contribution is 2.50. The Morgan fingerprint density at radius 3 is 2.44 bits per heavy atom. The molecular formula is C26H27NO5. The first-order valence-corrected chi connectivity index (χ1v) is 11.0. The van der Waals surface area contributed by atoms with Crippen LogP contribution in [0, 0.1) is 5.41 Å². The van der Waals surface area contributed by atoms with Crippen molar-refractivity contribution in [1.29, 1.82) is 0 Å². The molecule has 6 nitrogen and oxygen atoms in total. The number of allylic oxidation sites excluding steroid dienone is 1. The average molecular weight is 434 g/mol. The fourth-order valence-electron chi connectivity index (χ4n) is 4.76. The lowest BCUT2D eigenvalue weighted by Crippen LogP contribution is -2.54. The summed E-state index contributed by atoms with van der Waals surface area (Å²) in [6, 6.07) is 16.7. The molecule has 2 atom stereocenters. The van der Waals surface area contributed by atoms with Crippen molar-refractivity contribution >= 4 is 23.5 Å². The SMILES string of the molecule is CCOC(=O)C1=CC(c2ccccc2)CCC12CCC(=O)N(c1ccc(OC)cc1)C2=O. The number of benzene rings is 2. The van der Waals surface area contributed by atoms with Gasteiger partial charge in [-0.25, -0.2) is 9.69 Å². The monoisotopic (exact) mass is 433 g/mol. The number of hydrogen-bond donors (Lipinski definition) is 0. The summed E-state index contributed by atoms with van der Waals surface area (Å²) in [6.45, 7) is 1.97. The van der Waals surface area contributed by atoms with E-state index in [4.69, 9.17) is 9.47 Å². The van der Waals surface area contributed by atoms with E-state index in [-0.39, 0.29) is 30.8 Å². The molecule has 2 amide bonds. The molecule has 2 unspecified atom stereocenters. The minimum absolute atomic E-state index is 0.0149. The van der Waals surface area contributed by atoms with Crippen LogP contribution in [0.1, 0.15) is 44.1 Å². The van der Waals surface area contributed by atoms with Crippen LogP contribution in [0.25, 0.3) is 0 Å². The molecule has 6 heteroatoms. The van der Waals surface area contributed by atoms with E-state index in [1.165, 1.54) is 4.90 Å². The van der Waals surface area contributed by atoms with Gasteiger partial charge in [0.05, 0.1) is 24.8 Å². The molecule has 2 aromatic rings. The van der Waals surface area contributed by atoms with Crippen molar-refractivity contribution in [2.75, 3.05) is 18.6 Å². The standard InChI is InChI=1S/C26H27NO5/c1-3-32-24(29)22-17-19(18-7-5-4-6-8-18)13-15-26(22)16-14-23(28)27(25(26)30)20-9-11-21(31-2)12-10-20/h4-12,17,19H,3,13-16H2,1-2H3. The van der Waals surface area contributed by atoms with Crippen molar-refractivity contribution < 1.29 is 23.9 Å².